The van der Waals surface area contributed by atoms with Crippen LogP contribution in [-0.4, -0.2) is 89.6 Å². The van der Waals surface area contributed by atoms with Crippen LogP contribution >= 0.6 is 0 Å². The van der Waals surface area contributed by atoms with Crippen molar-refractivity contribution < 1.29 is 44.2 Å². The molecule has 60 heavy (non-hydrogen) atoms. The number of hydrogen-bond donors (Lipinski definition) is 4. The lowest BCUT2D eigenvalue weighted by Gasteiger charge is -2.39. The van der Waals surface area contributed by atoms with Crippen LogP contribution in [0.1, 0.15) is 206 Å². The SMILES string of the molecule is CCCCC/C=C\C/C=C\CCCCCCCCCCCCOCC(COC1OC(CO)C(O)C(O)C1O)OC(=O)CCCCCCCCC/C=C\C/C=C\CCCCC. The average Bonchev–Trinajstić information content (AvgIpc) is 3.25. The second kappa shape index (κ2) is 42.5. The standard InChI is InChI=1S/C51H92O9/c1-3-5-7-9-11-13-15-17-19-21-22-23-25-27-29-31-33-35-37-39-41-57-43-45(44-58-51-50(56)49(55)48(54)46(42-52)60-51)59-47(53)40-38-36-34-32-30-28-26-24-20-18-16-14-12-10-8-6-4-2/h11-14,17-20,45-46,48-52,54-56H,3-10,15-16,21-44H2,1-2H3/b13-11-,14-12-,19-17-,20-18-. The molecule has 6 atom stereocenters. The van der Waals surface area contributed by atoms with E-state index >= 15 is 0 Å². The Labute approximate surface area is 367 Å². The van der Waals surface area contributed by atoms with E-state index in [0.29, 0.717) is 13.0 Å². The van der Waals surface area contributed by atoms with Gasteiger partial charge in [-0.3, -0.25) is 4.79 Å². The minimum Gasteiger partial charge on any atom is -0.457 e. The Morgan fingerprint density at radius 1 is 0.533 bits per heavy atom. The number of ether oxygens (including phenoxy) is 4. The summed E-state index contributed by atoms with van der Waals surface area (Å²) in [5.41, 5.74) is 0. The maximum atomic E-state index is 12.8. The minimum atomic E-state index is -1.54. The molecule has 0 aliphatic carbocycles. The van der Waals surface area contributed by atoms with Crippen LogP contribution in [0.3, 0.4) is 0 Å². The van der Waals surface area contributed by atoms with E-state index in [-0.39, 0.29) is 19.2 Å². The van der Waals surface area contributed by atoms with E-state index in [1.807, 2.05) is 0 Å². The summed E-state index contributed by atoms with van der Waals surface area (Å²) in [7, 11) is 0. The molecule has 0 amide bonds. The predicted molar refractivity (Wildman–Crippen MR) is 247 cm³/mol. The molecule has 0 saturated carbocycles. The van der Waals surface area contributed by atoms with Crippen LogP contribution < -0.4 is 0 Å². The zero-order valence-corrected chi connectivity index (χ0v) is 38.5. The highest BCUT2D eigenvalue weighted by atomic mass is 16.7. The van der Waals surface area contributed by atoms with Crippen molar-refractivity contribution in [2.45, 2.75) is 243 Å². The number of carbonyl (C=O) groups is 1. The van der Waals surface area contributed by atoms with Crippen molar-refractivity contribution in [2.75, 3.05) is 26.4 Å². The Balaban J connectivity index is 2.23. The van der Waals surface area contributed by atoms with Gasteiger partial charge in [0.2, 0.25) is 0 Å². The van der Waals surface area contributed by atoms with Gasteiger partial charge in [-0.25, -0.2) is 0 Å². The molecule has 0 aromatic rings. The maximum absolute atomic E-state index is 12.8. The highest BCUT2D eigenvalue weighted by Gasteiger charge is 2.44. The summed E-state index contributed by atoms with van der Waals surface area (Å²) in [6.45, 7) is 4.51. The molecule has 1 fully saturated rings. The van der Waals surface area contributed by atoms with Crippen LogP contribution in [0.5, 0.6) is 0 Å². The Bertz CT molecular complexity index is 1060. The molecule has 1 heterocycles. The van der Waals surface area contributed by atoms with Crippen LogP contribution in [0, 0.1) is 0 Å². The second-order valence-corrected chi connectivity index (χ2v) is 16.9. The van der Waals surface area contributed by atoms with Gasteiger partial charge in [0.05, 0.1) is 19.8 Å². The molecule has 4 N–H and O–H groups in total. The Kier molecular flexibility index (Phi) is 39.7. The Morgan fingerprint density at radius 2 is 0.967 bits per heavy atom. The Morgan fingerprint density at radius 3 is 1.43 bits per heavy atom. The average molecular weight is 849 g/mol. The molecule has 1 rings (SSSR count). The molecule has 350 valence electrons. The number of esters is 1. The molecule has 1 aliphatic heterocycles. The van der Waals surface area contributed by atoms with Crippen LogP contribution in [0.25, 0.3) is 0 Å². The van der Waals surface area contributed by atoms with Crippen molar-refractivity contribution in [3.63, 3.8) is 0 Å². The van der Waals surface area contributed by atoms with Crippen LogP contribution in [0.2, 0.25) is 0 Å². The molecule has 6 unspecified atom stereocenters. The molecule has 0 aromatic carbocycles. The number of aliphatic hydroxyl groups is 4. The number of rotatable bonds is 42. The molecule has 0 bridgehead atoms. The summed E-state index contributed by atoms with van der Waals surface area (Å²) in [5.74, 6) is -0.322. The lowest BCUT2D eigenvalue weighted by molar-refractivity contribution is -0.305. The van der Waals surface area contributed by atoms with Gasteiger partial charge >= 0.3 is 5.97 Å². The van der Waals surface area contributed by atoms with Crippen LogP contribution in [0.15, 0.2) is 48.6 Å². The fraction of sp³-hybridized carbons (Fsp3) is 0.824. The smallest absolute Gasteiger partial charge is 0.306 e. The third-order valence-electron chi connectivity index (χ3n) is 11.2. The van der Waals surface area contributed by atoms with E-state index in [1.165, 1.54) is 135 Å². The van der Waals surface area contributed by atoms with Crippen molar-refractivity contribution in [1.29, 1.82) is 0 Å². The van der Waals surface area contributed by atoms with Gasteiger partial charge in [-0.05, 0) is 77.0 Å². The van der Waals surface area contributed by atoms with E-state index in [2.05, 4.69) is 62.5 Å². The molecule has 0 spiro atoms. The van der Waals surface area contributed by atoms with E-state index in [9.17, 15) is 25.2 Å². The Hall–Kier alpha value is -1.85. The fourth-order valence-corrected chi connectivity index (χ4v) is 7.32. The van der Waals surface area contributed by atoms with E-state index in [1.54, 1.807) is 0 Å². The summed E-state index contributed by atoms with van der Waals surface area (Å²) in [4.78, 5) is 12.8. The fourth-order valence-electron chi connectivity index (χ4n) is 7.32. The van der Waals surface area contributed by atoms with Gasteiger partial charge < -0.3 is 39.4 Å². The molecule has 0 radical (unpaired) electrons. The summed E-state index contributed by atoms with van der Waals surface area (Å²) >= 11 is 0. The number of aliphatic hydroxyl groups excluding tert-OH is 4. The largest absolute Gasteiger partial charge is 0.457 e. The maximum Gasteiger partial charge on any atom is 0.306 e. The monoisotopic (exact) mass is 849 g/mol. The highest BCUT2D eigenvalue weighted by Crippen LogP contribution is 2.23. The van der Waals surface area contributed by atoms with E-state index < -0.39 is 43.4 Å². The predicted octanol–water partition coefficient (Wildman–Crippen LogP) is 11.7. The summed E-state index contributed by atoms with van der Waals surface area (Å²) in [5, 5.41) is 40.2. The molecule has 9 nitrogen and oxygen atoms in total. The zero-order valence-electron chi connectivity index (χ0n) is 38.5. The van der Waals surface area contributed by atoms with E-state index in [4.69, 9.17) is 18.9 Å². The van der Waals surface area contributed by atoms with Crippen LogP contribution in [-0.2, 0) is 23.7 Å². The first-order valence-corrected chi connectivity index (χ1v) is 24.7. The molecular weight excluding hydrogens is 757 g/mol. The van der Waals surface area contributed by atoms with Crippen LogP contribution in [0.4, 0.5) is 0 Å². The van der Waals surface area contributed by atoms with Crippen molar-refractivity contribution in [3.8, 4) is 0 Å². The summed E-state index contributed by atoms with van der Waals surface area (Å²) < 4.78 is 22.9. The first kappa shape index (κ1) is 56.2. The highest BCUT2D eigenvalue weighted by molar-refractivity contribution is 5.69. The van der Waals surface area contributed by atoms with Gasteiger partial charge in [0, 0.05) is 13.0 Å². The van der Waals surface area contributed by atoms with Crippen molar-refractivity contribution in [3.05, 3.63) is 48.6 Å². The number of carbonyl (C=O) groups excluding carboxylic acids is 1. The van der Waals surface area contributed by atoms with Crippen molar-refractivity contribution >= 4 is 5.97 Å². The van der Waals surface area contributed by atoms with Crippen molar-refractivity contribution in [1.82, 2.24) is 0 Å². The number of allylic oxidation sites excluding steroid dienone is 8. The quantitative estimate of drug-likeness (QED) is 0.0269. The summed E-state index contributed by atoms with van der Waals surface area (Å²) in [6.07, 6.45) is 45.6. The normalized spacial score (nSPS) is 20.4. The molecule has 9 heteroatoms. The number of hydrogen-bond acceptors (Lipinski definition) is 9. The molecule has 0 aromatic heterocycles. The number of unbranched alkanes of at least 4 members (excludes halogenated alkanes) is 23. The van der Waals surface area contributed by atoms with Gasteiger partial charge in [-0.15, -0.1) is 0 Å². The van der Waals surface area contributed by atoms with Gasteiger partial charge in [0.1, 0.15) is 30.5 Å². The van der Waals surface area contributed by atoms with Gasteiger partial charge in [0.15, 0.2) is 6.29 Å². The third kappa shape index (κ3) is 32.8. The molecule has 1 aliphatic rings. The van der Waals surface area contributed by atoms with Crippen molar-refractivity contribution in [2.24, 2.45) is 0 Å². The summed E-state index contributed by atoms with van der Waals surface area (Å²) in [6, 6.07) is 0. The second-order valence-electron chi connectivity index (χ2n) is 16.9. The topological polar surface area (TPSA) is 135 Å². The zero-order chi connectivity index (χ0) is 43.6. The van der Waals surface area contributed by atoms with E-state index in [0.717, 1.165) is 51.4 Å². The lowest BCUT2D eigenvalue weighted by Crippen LogP contribution is -2.59. The first-order valence-electron chi connectivity index (χ1n) is 24.7. The van der Waals surface area contributed by atoms with Gasteiger partial charge in [-0.2, -0.15) is 0 Å². The lowest BCUT2D eigenvalue weighted by atomic mass is 9.99. The molecular formula is C51H92O9. The van der Waals surface area contributed by atoms with Gasteiger partial charge in [0.25, 0.3) is 0 Å². The first-order chi connectivity index (χ1) is 29.4. The molecule has 1 saturated heterocycles. The minimum absolute atomic E-state index is 0.118. The van der Waals surface area contributed by atoms with Gasteiger partial charge in [-0.1, -0.05) is 172 Å². The third-order valence-corrected chi connectivity index (χ3v) is 11.2.